The first-order valence-corrected chi connectivity index (χ1v) is 14.2. The van der Waals surface area contributed by atoms with Crippen LogP contribution in [0.4, 0.5) is 18.0 Å². The molecule has 0 unspecified atom stereocenters. The van der Waals surface area contributed by atoms with Crippen LogP contribution in [-0.4, -0.2) is 29.0 Å². The van der Waals surface area contributed by atoms with Gasteiger partial charge in [-0.15, -0.1) is 0 Å². The SMILES string of the molecule is CC(C)(C)C[C@@](CO)(NC(=O)O)c1ccc2c(C(F)(F)F)c(OC3CCC(C4CCCCC4)CC3)ccc2c1. The van der Waals surface area contributed by atoms with E-state index in [1.165, 1.54) is 50.3 Å². The van der Waals surface area contributed by atoms with E-state index in [1.807, 2.05) is 20.8 Å². The molecule has 0 spiro atoms. The summed E-state index contributed by atoms with van der Waals surface area (Å²) in [7, 11) is 0. The first-order valence-electron chi connectivity index (χ1n) is 14.2. The molecule has 39 heavy (non-hydrogen) atoms. The van der Waals surface area contributed by atoms with Crippen molar-refractivity contribution < 1.29 is 32.9 Å². The fourth-order valence-electron chi connectivity index (χ4n) is 6.98. The quantitative estimate of drug-likeness (QED) is 0.325. The van der Waals surface area contributed by atoms with Gasteiger partial charge in [0.25, 0.3) is 0 Å². The number of hydrogen-bond acceptors (Lipinski definition) is 3. The van der Waals surface area contributed by atoms with Gasteiger partial charge in [0.15, 0.2) is 0 Å². The molecule has 8 heteroatoms. The number of alkyl halides is 3. The molecule has 2 saturated carbocycles. The third-order valence-corrected chi connectivity index (χ3v) is 8.59. The maximum Gasteiger partial charge on any atom is 0.420 e. The van der Waals surface area contributed by atoms with Crippen molar-refractivity contribution in [2.24, 2.45) is 17.3 Å². The van der Waals surface area contributed by atoms with Crippen LogP contribution in [0.25, 0.3) is 10.8 Å². The largest absolute Gasteiger partial charge is 0.490 e. The molecule has 2 aromatic rings. The predicted molar refractivity (Wildman–Crippen MR) is 146 cm³/mol. The Labute approximate surface area is 229 Å². The van der Waals surface area contributed by atoms with E-state index in [0.717, 1.165) is 31.6 Å². The smallest absolute Gasteiger partial charge is 0.420 e. The van der Waals surface area contributed by atoms with Crippen molar-refractivity contribution in [3.63, 3.8) is 0 Å². The lowest BCUT2D eigenvalue weighted by atomic mass is 9.73. The molecule has 0 bridgehead atoms. The van der Waals surface area contributed by atoms with E-state index in [9.17, 15) is 28.2 Å². The van der Waals surface area contributed by atoms with E-state index >= 15 is 0 Å². The summed E-state index contributed by atoms with van der Waals surface area (Å²) in [4.78, 5) is 11.6. The Kier molecular flexibility index (Phi) is 8.74. The average molecular weight is 550 g/mol. The van der Waals surface area contributed by atoms with Gasteiger partial charge < -0.3 is 20.3 Å². The molecular formula is C31H42F3NO4. The van der Waals surface area contributed by atoms with Crippen molar-refractivity contribution in [1.29, 1.82) is 0 Å². The third-order valence-electron chi connectivity index (χ3n) is 8.59. The second-order valence-corrected chi connectivity index (χ2v) is 12.8. The molecule has 1 atom stereocenters. The lowest BCUT2D eigenvalue weighted by Crippen LogP contribution is -2.50. The van der Waals surface area contributed by atoms with E-state index in [2.05, 4.69) is 5.32 Å². The highest BCUT2D eigenvalue weighted by molar-refractivity contribution is 5.89. The van der Waals surface area contributed by atoms with Gasteiger partial charge in [0.1, 0.15) is 11.3 Å². The number of hydrogen-bond donors (Lipinski definition) is 3. The van der Waals surface area contributed by atoms with Gasteiger partial charge in [-0.1, -0.05) is 71.1 Å². The standard InChI is InChI=1S/C31H42F3NO4/c1-29(2,3)18-30(19-36,35-28(37)38)23-12-15-25-22(17-23)11-16-26(27(25)31(32,33)34)39-24-13-9-21(10-14-24)20-7-5-4-6-8-20/h11-12,15-17,20-21,24,35-36H,4-10,13-14,18-19H2,1-3H3,(H,37,38)/t21?,24?,30-/m0/s1. The molecule has 0 aromatic heterocycles. The Morgan fingerprint density at radius 1 is 0.949 bits per heavy atom. The van der Waals surface area contributed by atoms with Crippen LogP contribution in [0.1, 0.15) is 96.1 Å². The van der Waals surface area contributed by atoms with Crippen LogP contribution in [0.5, 0.6) is 5.75 Å². The number of amides is 1. The lowest BCUT2D eigenvalue weighted by molar-refractivity contribution is -0.138. The second kappa shape index (κ2) is 11.6. The molecule has 3 N–H and O–H groups in total. The summed E-state index contributed by atoms with van der Waals surface area (Å²) in [5, 5.41) is 22.5. The van der Waals surface area contributed by atoms with Gasteiger partial charge in [0.05, 0.1) is 18.2 Å². The van der Waals surface area contributed by atoms with E-state index in [4.69, 9.17) is 4.74 Å². The number of carboxylic acid groups (broad SMARTS) is 1. The molecule has 2 aliphatic carbocycles. The van der Waals surface area contributed by atoms with Crippen LogP contribution in [0.3, 0.4) is 0 Å². The Morgan fingerprint density at radius 2 is 1.59 bits per heavy atom. The summed E-state index contributed by atoms with van der Waals surface area (Å²) in [6, 6.07) is 7.38. The summed E-state index contributed by atoms with van der Waals surface area (Å²) >= 11 is 0. The van der Waals surface area contributed by atoms with Gasteiger partial charge in [0, 0.05) is 0 Å². The molecule has 2 aliphatic rings. The Bertz CT molecular complexity index is 1140. The fraction of sp³-hybridized carbons (Fsp3) is 0.645. The normalized spacial score (nSPS) is 22.8. The highest BCUT2D eigenvalue weighted by atomic mass is 19.4. The summed E-state index contributed by atoms with van der Waals surface area (Å²) in [6.07, 6.45) is 4.04. The average Bonchev–Trinajstić information content (AvgIpc) is 2.87. The van der Waals surface area contributed by atoms with E-state index in [-0.39, 0.29) is 29.1 Å². The fourth-order valence-corrected chi connectivity index (χ4v) is 6.98. The molecule has 0 radical (unpaired) electrons. The molecule has 5 nitrogen and oxygen atoms in total. The first kappa shape index (κ1) is 29.5. The number of benzene rings is 2. The summed E-state index contributed by atoms with van der Waals surface area (Å²) in [5.41, 5.74) is -2.12. The minimum absolute atomic E-state index is 0.00225. The maximum absolute atomic E-state index is 14.4. The number of aliphatic hydroxyl groups excluding tert-OH is 1. The van der Waals surface area contributed by atoms with Gasteiger partial charge in [0.2, 0.25) is 0 Å². The Hall–Kier alpha value is -2.48. The molecule has 0 heterocycles. The van der Waals surface area contributed by atoms with Gasteiger partial charge in [-0.05, 0) is 77.8 Å². The number of fused-ring (bicyclic) bond motifs is 1. The molecular weight excluding hydrogens is 507 g/mol. The van der Waals surface area contributed by atoms with E-state index in [0.29, 0.717) is 16.9 Å². The van der Waals surface area contributed by atoms with Crippen molar-refractivity contribution in [2.45, 2.75) is 103 Å². The monoisotopic (exact) mass is 549 g/mol. The zero-order valence-electron chi connectivity index (χ0n) is 23.2. The van der Waals surface area contributed by atoms with Crippen LogP contribution in [-0.2, 0) is 11.7 Å². The molecule has 1 amide bonds. The minimum atomic E-state index is -4.63. The second-order valence-electron chi connectivity index (χ2n) is 12.8. The van der Waals surface area contributed by atoms with Crippen molar-refractivity contribution in [2.75, 3.05) is 6.61 Å². The van der Waals surface area contributed by atoms with Gasteiger partial charge in [-0.25, -0.2) is 4.79 Å². The van der Waals surface area contributed by atoms with Crippen molar-refractivity contribution >= 4 is 16.9 Å². The van der Waals surface area contributed by atoms with E-state index < -0.39 is 30.0 Å². The van der Waals surface area contributed by atoms with Gasteiger partial charge >= 0.3 is 12.3 Å². The molecule has 4 rings (SSSR count). The summed E-state index contributed by atoms with van der Waals surface area (Å²) in [5.74, 6) is 1.25. The van der Waals surface area contributed by atoms with Crippen molar-refractivity contribution in [3.8, 4) is 5.75 Å². The molecule has 216 valence electrons. The number of halogens is 3. The van der Waals surface area contributed by atoms with Gasteiger partial charge in [-0.2, -0.15) is 13.2 Å². The van der Waals surface area contributed by atoms with Crippen LogP contribution in [0.2, 0.25) is 0 Å². The number of nitrogens with one attached hydrogen (secondary N) is 1. The highest BCUT2D eigenvalue weighted by Crippen LogP contribution is 2.45. The topological polar surface area (TPSA) is 78.8 Å². The zero-order valence-corrected chi connectivity index (χ0v) is 23.2. The summed E-state index contributed by atoms with van der Waals surface area (Å²) in [6.45, 7) is 5.21. The third kappa shape index (κ3) is 7.00. The van der Waals surface area contributed by atoms with Crippen LogP contribution >= 0.6 is 0 Å². The molecule has 2 aromatic carbocycles. The Balaban J connectivity index is 1.63. The minimum Gasteiger partial charge on any atom is -0.490 e. The lowest BCUT2D eigenvalue weighted by Gasteiger charge is -2.38. The van der Waals surface area contributed by atoms with E-state index in [1.54, 1.807) is 12.1 Å². The number of carbonyl (C=O) groups is 1. The predicted octanol–water partition coefficient (Wildman–Crippen LogP) is 8.27. The van der Waals surface area contributed by atoms with Crippen molar-refractivity contribution in [3.05, 3.63) is 41.5 Å². The van der Waals surface area contributed by atoms with Crippen molar-refractivity contribution in [1.82, 2.24) is 5.32 Å². The van der Waals surface area contributed by atoms with Crippen LogP contribution in [0, 0.1) is 17.3 Å². The molecule has 0 saturated heterocycles. The zero-order chi connectivity index (χ0) is 28.4. The summed E-state index contributed by atoms with van der Waals surface area (Å²) < 4.78 is 49.3. The Morgan fingerprint density at radius 3 is 2.15 bits per heavy atom. The maximum atomic E-state index is 14.4. The highest BCUT2D eigenvalue weighted by Gasteiger charge is 2.40. The first-order chi connectivity index (χ1) is 18.3. The number of aliphatic hydroxyl groups is 1. The molecule has 0 aliphatic heterocycles. The van der Waals surface area contributed by atoms with Gasteiger partial charge in [-0.3, -0.25) is 0 Å². The number of ether oxygens (including phenoxy) is 1. The van der Waals surface area contributed by atoms with Crippen LogP contribution < -0.4 is 10.1 Å². The number of rotatable bonds is 7. The van der Waals surface area contributed by atoms with Crippen LogP contribution in [0.15, 0.2) is 30.3 Å². The molecule has 2 fully saturated rings.